The maximum absolute atomic E-state index is 9.91. The highest BCUT2D eigenvalue weighted by Gasteiger charge is 1.91. The molecule has 0 heterocycles. The van der Waals surface area contributed by atoms with Gasteiger partial charge in [-0.15, -0.1) is 0 Å². The van der Waals surface area contributed by atoms with Crippen molar-refractivity contribution in [3.63, 3.8) is 0 Å². The van der Waals surface area contributed by atoms with Crippen LogP contribution in [-0.4, -0.2) is 15.0 Å². The summed E-state index contributed by atoms with van der Waals surface area (Å²) in [6.07, 6.45) is 0.906. The second kappa shape index (κ2) is 4.76. The average Bonchev–Trinajstić information content (AvgIpc) is 1.63. The molecule has 0 bridgehead atoms. The average molecular weight is 151 g/mol. The third-order valence-corrected chi connectivity index (χ3v) is 1.44. The first-order chi connectivity index (χ1) is 4.13. The molecule has 0 atom stereocenters. The molecule has 0 amide bonds. The Bertz CT molecular complexity index is 123. The standard InChI is InChI=1S/C5H13NO2S/c1-5(2)3-4-6-9(7)8/h5,9H,3-4H2,1-2H3,(H,6,7,8). The summed E-state index contributed by atoms with van der Waals surface area (Å²) in [5.74, 6) is 0.562. The first-order valence-electron chi connectivity index (χ1n) is 3.01. The molecular formula is C5H13NO2S. The fourth-order valence-corrected chi connectivity index (χ4v) is 0.756. The quantitative estimate of drug-likeness (QED) is 0.562. The van der Waals surface area contributed by atoms with Crippen LogP contribution in [0.1, 0.15) is 20.3 Å². The minimum Gasteiger partial charge on any atom is -0.218 e. The first kappa shape index (κ1) is 8.91. The van der Waals surface area contributed by atoms with E-state index in [1.807, 2.05) is 0 Å². The predicted octanol–water partition coefficient (Wildman–Crippen LogP) is 0.149. The van der Waals surface area contributed by atoms with E-state index in [0.717, 1.165) is 6.42 Å². The maximum Gasteiger partial charge on any atom is 0.201 e. The molecule has 0 unspecified atom stereocenters. The fraction of sp³-hybridized carbons (Fsp3) is 1.00. The summed E-state index contributed by atoms with van der Waals surface area (Å²) in [5, 5.41) is 0. The Kier molecular flexibility index (Phi) is 4.71. The second-order valence-corrected chi connectivity index (χ2v) is 3.18. The van der Waals surface area contributed by atoms with E-state index in [0.29, 0.717) is 12.5 Å². The number of rotatable bonds is 4. The van der Waals surface area contributed by atoms with Crippen molar-refractivity contribution in [2.45, 2.75) is 20.3 Å². The van der Waals surface area contributed by atoms with Gasteiger partial charge in [0.25, 0.3) is 0 Å². The van der Waals surface area contributed by atoms with Crippen molar-refractivity contribution in [3.8, 4) is 0 Å². The smallest absolute Gasteiger partial charge is 0.201 e. The molecule has 0 radical (unpaired) electrons. The zero-order valence-corrected chi connectivity index (χ0v) is 6.65. The van der Waals surface area contributed by atoms with Crippen LogP contribution < -0.4 is 4.72 Å². The van der Waals surface area contributed by atoms with Gasteiger partial charge in [0.15, 0.2) is 0 Å². The van der Waals surface area contributed by atoms with Crippen molar-refractivity contribution >= 4 is 10.9 Å². The lowest BCUT2D eigenvalue weighted by molar-refractivity contribution is 0.563. The molecule has 0 aliphatic carbocycles. The van der Waals surface area contributed by atoms with Crippen molar-refractivity contribution in [3.05, 3.63) is 0 Å². The third-order valence-electron chi connectivity index (χ3n) is 0.963. The Hall–Kier alpha value is -0.0900. The normalized spacial score (nSPS) is 11.1. The molecule has 0 aromatic heterocycles. The second-order valence-electron chi connectivity index (χ2n) is 2.35. The van der Waals surface area contributed by atoms with Gasteiger partial charge in [-0.1, -0.05) is 13.8 Å². The van der Waals surface area contributed by atoms with E-state index >= 15 is 0 Å². The molecule has 0 aromatic rings. The highest BCUT2D eigenvalue weighted by atomic mass is 32.2. The molecule has 0 fully saturated rings. The Balaban J connectivity index is 3.10. The van der Waals surface area contributed by atoms with Crippen LogP contribution in [-0.2, 0) is 10.9 Å². The summed E-state index contributed by atoms with van der Waals surface area (Å²) in [4.78, 5) is 0. The summed E-state index contributed by atoms with van der Waals surface area (Å²) in [7, 11) is -2.38. The van der Waals surface area contributed by atoms with Gasteiger partial charge in [0.1, 0.15) is 0 Å². The number of hydrogen-bond donors (Lipinski definition) is 2. The zero-order valence-electron chi connectivity index (χ0n) is 5.76. The molecule has 0 saturated heterocycles. The van der Waals surface area contributed by atoms with Crippen LogP contribution in [0.3, 0.4) is 0 Å². The van der Waals surface area contributed by atoms with E-state index in [2.05, 4.69) is 18.6 Å². The van der Waals surface area contributed by atoms with Gasteiger partial charge < -0.3 is 0 Å². The summed E-state index contributed by atoms with van der Waals surface area (Å²) >= 11 is 0. The van der Waals surface area contributed by atoms with Gasteiger partial charge in [-0.25, -0.2) is 13.1 Å². The highest BCUT2D eigenvalue weighted by molar-refractivity contribution is 7.70. The summed E-state index contributed by atoms with van der Waals surface area (Å²) < 4.78 is 22.1. The molecule has 0 aliphatic rings. The van der Waals surface area contributed by atoms with E-state index in [4.69, 9.17) is 0 Å². The van der Waals surface area contributed by atoms with Gasteiger partial charge in [0.05, 0.1) is 0 Å². The topological polar surface area (TPSA) is 46.2 Å². The van der Waals surface area contributed by atoms with Crippen LogP contribution >= 0.6 is 0 Å². The lowest BCUT2D eigenvalue weighted by atomic mass is 10.1. The van der Waals surface area contributed by atoms with E-state index in [9.17, 15) is 8.42 Å². The molecule has 1 N–H and O–H groups in total. The molecule has 9 heavy (non-hydrogen) atoms. The van der Waals surface area contributed by atoms with Gasteiger partial charge in [0.2, 0.25) is 10.9 Å². The summed E-state index contributed by atoms with van der Waals surface area (Å²) in [5.41, 5.74) is 0. The van der Waals surface area contributed by atoms with Crippen LogP contribution in [0.5, 0.6) is 0 Å². The van der Waals surface area contributed by atoms with Crippen molar-refractivity contribution in [1.82, 2.24) is 4.72 Å². The summed E-state index contributed by atoms with van der Waals surface area (Å²) in [6, 6.07) is 0. The zero-order chi connectivity index (χ0) is 7.28. The van der Waals surface area contributed by atoms with Crippen molar-refractivity contribution in [2.75, 3.05) is 6.54 Å². The fourth-order valence-electron chi connectivity index (χ4n) is 0.445. The van der Waals surface area contributed by atoms with Gasteiger partial charge in [-0.2, -0.15) is 0 Å². The molecule has 0 spiro atoms. The third kappa shape index (κ3) is 7.91. The molecule has 0 rings (SSSR count). The van der Waals surface area contributed by atoms with Crippen LogP contribution in [0.25, 0.3) is 0 Å². The number of nitrogens with one attached hydrogen (secondary N) is 1. The summed E-state index contributed by atoms with van der Waals surface area (Å²) in [6.45, 7) is 4.68. The Morgan fingerprint density at radius 2 is 2.00 bits per heavy atom. The van der Waals surface area contributed by atoms with Gasteiger partial charge >= 0.3 is 0 Å². The lowest BCUT2D eigenvalue weighted by Crippen LogP contribution is -2.14. The molecule has 56 valence electrons. The minimum atomic E-state index is -2.38. The number of hydrogen-bond acceptors (Lipinski definition) is 2. The van der Waals surface area contributed by atoms with E-state index in [1.165, 1.54) is 0 Å². The largest absolute Gasteiger partial charge is 0.218 e. The maximum atomic E-state index is 9.91. The lowest BCUT2D eigenvalue weighted by Gasteiger charge is -2.00. The molecule has 3 nitrogen and oxygen atoms in total. The van der Waals surface area contributed by atoms with E-state index < -0.39 is 10.9 Å². The van der Waals surface area contributed by atoms with Crippen LogP contribution in [0, 0.1) is 5.92 Å². The highest BCUT2D eigenvalue weighted by Crippen LogP contribution is 1.95. The van der Waals surface area contributed by atoms with E-state index in [-0.39, 0.29) is 0 Å². The molecule has 0 saturated carbocycles. The van der Waals surface area contributed by atoms with Gasteiger partial charge in [0, 0.05) is 6.54 Å². The Morgan fingerprint density at radius 1 is 1.44 bits per heavy atom. The van der Waals surface area contributed by atoms with Crippen molar-refractivity contribution in [2.24, 2.45) is 5.92 Å². The molecular weight excluding hydrogens is 138 g/mol. The molecule has 0 aromatic carbocycles. The Labute approximate surface area is 57.5 Å². The Morgan fingerprint density at radius 3 is 2.33 bits per heavy atom. The van der Waals surface area contributed by atoms with Crippen LogP contribution in [0.15, 0.2) is 0 Å². The van der Waals surface area contributed by atoms with Crippen LogP contribution in [0.2, 0.25) is 0 Å². The van der Waals surface area contributed by atoms with Gasteiger partial charge in [-0.3, -0.25) is 0 Å². The SMILES string of the molecule is CC(C)CCN[SH](=O)=O. The van der Waals surface area contributed by atoms with Gasteiger partial charge in [-0.05, 0) is 12.3 Å². The predicted molar refractivity (Wildman–Crippen MR) is 37.8 cm³/mol. The first-order valence-corrected chi connectivity index (χ1v) is 4.18. The number of thiol groups is 1. The van der Waals surface area contributed by atoms with Crippen LogP contribution in [0.4, 0.5) is 0 Å². The minimum absolute atomic E-state index is 0.562. The van der Waals surface area contributed by atoms with Crippen molar-refractivity contribution in [1.29, 1.82) is 0 Å². The molecule has 4 heteroatoms. The monoisotopic (exact) mass is 151 g/mol. The van der Waals surface area contributed by atoms with E-state index in [1.54, 1.807) is 0 Å². The molecule has 0 aliphatic heterocycles. The van der Waals surface area contributed by atoms with Crippen molar-refractivity contribution < 1.29 is 8.42 Å².